The average molecular weight is 226 g/mol. The van der Waals surface area contributed by atoms with E-state index in [1.165, 1.54) is 4.90 Å². The van der Waals surface area contributed by atoms with Crippen molar-refractivity contribution < 1.29 is 14.3 Å². The number of imide groups is 1. The molecule has 0 spiro atoms. The van der Waals surface area contributed by atoms with Crippen LogP contribution in [0.2, 0.25) is 0 Å². The fourth-order valence-electron chi connectivity index (χ4n) is 2.42. The van der Waals surface area contributed by atoms with E-state index in [-0.39, 0.29) is 23.8 Å². The molecule has 2 aliphatic rings. The number of hydrogen-bond acceptors (Lipinski definition) is 4. The molecule has 2 bridgehead atoms. The SMILES string of the molecule is CC(C)C(CN)N1C(=O)C2CCC(O2)C1=O. The van der Waals surface area contributed by atoms with Gasteiger partial charge in [-0.3, -0.25) is 14.5 Å². The van der Waals surface area contributed by atoms with Gasteiger partial charge in [-0.05, 0) is 18.8 Å². The second-order valence-electron chi connectivity index (χ2n) is 4.78. The van der Waals surface area contributed by atoms with Crippen molar-refractivity contribution in [2.75, 3.05) is 6.54 Å². The summed E-state index contributed by atoms with van der Waals surface area (Å²) in [5.74, 6) is -0.235. The first-order valence-corrected chi connectivity index (χ1v) is 5.78. The minimum atomic E-state index is -0.421. The number of carbonyl (C=O) groups is 2. The second kappa shape index (κ2) is 4.14. The largest absolute Gasteiger partial charge is 0.355 e. The van der Waals surface area contributed by atoms with Gasteiger partial charge in [0.05, 0.1) is 6.04 Å². The lowest BCUT2D eigenvalue weighted by Gasteiger charge is -2.37. The number of nitrogens with zero attached hydrogens (tertiary/aromatic N) is 1. The summed E-state index contributed by atoms with van der Waals surface area (Å²) >= 11 is 0. The number of morpholine rings is 1. The van der Waals surface area contributed by atoms with E-state index in [4.69, 9.17) is 10.5 Å². The van der Waals surface area contributed by atoms with E-state index >= 15 is 0 Å². The Hall–Kier alpha value is -0.940. The van der Waals surface area contributed by atoms with Crippen LogP contribution < -0.4 is 5.73 Å². The molecular formula is C11H18N2O3. The van der Waals surface area contributed by atoms with E-state index in [2.05, 4.69) is 0 Å². The summed E-state index contributed by atoms with van der Waals surface area (Å²) < 4.78 is 5.34. The Balaban J connectivity index is 2.25. The molecule has 2 heterocycles. The van der Waals surface area contributed by atoms with E-state index < -0.39 is 12.2 Å². The first-order chi connectivity index (χ1) is 7.56. The summed E-state index contributed by atoms with van der Waals surface area (Å²) in [5, 5.41) is 0. The van der Waals surface area contributed by atoms with Gasteiger partial charge < -0.3 is 10.5 Å². The molecule has 0 radical (unpaired) electrons. The normalized spacial score (nSPS) is 31.4. The quantitative estimate of drug-likeness (QED) is 0.681. The number of fused-ring (bicyclic) bond motifs is 2. The van der Waals surface area contributed by atoms with Gasteiger partial charge in [0.25, 0.3) is 11.8 Å². The smallest absolute Gasteiger partial charge is 0.258 e. The molecule has 0 aromatic heterocycles. The molecule has 2 N–H and O–H groups in total. The lowest BCUT2D eigenvalue weighted by Crippen LogP contribution is -2.59. The molecule has 2 rings (SSSR count). The van der Waals surface area contributed by atoms with Crippen molar-refractivity contribution in [1.82, 2.24) is 4.90 Å². The van der Waals surface area contributed by atoms with E-state index in [0.717, 1.165) is 0 Å². The highest BCUT2D eigenvalue weighted by Gasteiger charge is 2.48. The van der Waals surface area contributed by atoms with Crippen molar-refractivity contribution in [3.05, 3.63) is 0 Å². The summed E-state index contributed by atoms with van der Waals surface area (Å²) in [5.41, 5.74) is 5.65. The Morgan fingerprint density at radius 2 is 1.81 bits per heavy atom. The van der Waals surface area contributed by atoms with Gasteiger partial charge in [-0.25, -0.2) is 0 Å². The lowest BCUT2D eigenvalue weighted by molar-refractivity contribution is -0.172. The van der Waals surface area contributed by atoms with Crippen LogP contribution in [-0.2, 0) is 14.3 Å². The van der Waals surface area contributed by atoms with Crippen molar-refractivity contribution in [2.45, 2.75) is 44.9 Å². The molecule has 16 heavy (non-hydrogen) atoms. The lowest BCUT2D eigenvalue weighted by atomic mass is 10.0. The Morgan fingerprint density at radius 3 is 2.19 bits per heavy atom. The number of hydrogen-bond donors (Lipinski definition) is 1. The fourth-order valence-corrected chi connectivity index (χ4v) is 2.42. The van der Waals surface area contributed by atoms with Gasteiger partial charge in [0.1, 0.15) is 12.2 Å². The van der Waals surface area contributed by atoms with Crippen LogP contribution in [0.4, 0.5) is 0 Å². The molecule has 2 aliphatic heterocycles. The molecule has 5 nitrogen and oxygen atoms in total. The first kappa shape index (κ1) is 11.5. The van der Waals surface area contributed by atoms with Crippen molar-refractivity contribution in [1.29, 1.82) is 0 Å². The number of nitrogens with two attached hydrogens (primary N) is 1. The van der Waals surface area contributed by atoms with Crippen LogP contribution in [0.5, 0.6) is 0 Å². The van der Waals surface area contributed by atoms with Crippen LogP contribution in [0.25, 0.3) is 0 Å². The Bertz CT molecular complexity index is 294. The Kier molecular flexibility index (Phi) is 2.99. The molecule has 2 saturated heterocycles. The molecule has 3 unspecified atom stereocenters. The van der Waals surface area contributed by atoms with Gasteiger partial charge >= 0.3 is 0 Å². The third kappa shape index (κ3) is 1.64. The Labute approximate surface area is 94.9 Å². The van der Waals surface area contributed by atoms with E-state index in [0.29, 0.717) is 19.4 Å². The first-order valence-electron chi connectivity index (χ1n) is 5.78. The van der Waals surface area contributed by atoms with Crippen molar-refractivity contribution >= 4 is 11.8 Å². The summed E-state index contributed by atoms with van der Waals surface area (Å²) in [4.78, 5) is 25.4. The summed E-state index contributed by atoms with van der Waals surface area (Å²) in [6, 6.07) is -0.202. The van der Waals surface area contributed by atoms with Crippen LogP contribution in [0.3, 0.4) is 0 Å². The van der Waals surface area contributed by atoms with E-state index in [9.17, 15) is 9.59 Å². The van der Waals surface area contributed by atoms with Crippen LogP contribution >= 0.6 is 0 Å². The molecule has 0 saturated carbocycles. The van der Waals surface area contributed by atoms with Gasteiger partial charge in [-0.15, -0.1) is 0 Å². The highest BCUT2D eigenvalue weighted by atomic mass is 16.5. The third-order valence-corrected chi connectivity index (χ3v) is 3.39. The molecule has 5 heteroatoms. The van der Waals surface area contributed by atoms with Gasteiger partial charge in [0.15, 0.2) is 0 Å². The fraction of sp³-hybridized carbons (Fsp3) is 0.818. The second-order valence-corrected chi connectivity index (χ2v) is 4.78. The maximum atomic E-state index is 12.0. The number of amides is 2. The zero-order valence-corrected chi connectivity index (χ0v) is 9.68. The number of ether oxygens (including phenoxy) is 1. The van der Waals surface area contributed by atoms with Gasteiger partial charge in [0, 0.05) is 6.54 Å². The number of likely N-dealkylation sites (tertiary alicyclic amines) is 1. The molecule has 0 aromatic rings. The zero-order valence-electron chi connectivity index (χ0n) is 9.68. The molecule has 2 fully saturated rings. The van der Waals surface area contributed by atoms with Crippen LogP contribution in [0, 0.1) is 5.92 Å². The maximum Gasteiger partial charge on any atom is 0.258 e. The minimum absolute atomic E-state index is 0.176. The van der Waals surface area contributed by atoms with Gasteiger partial charge in [-0.1, -0.05) is 13.8 Å². The standard InChI is InChI=1S/C11H18N2O3/c1-6(2)7(5-12)13-10(14)8-3-4-9(16-8)11(13)15/h6-9H,3-5,12H2,1-2H3. The van der Waals surface area contributed by atoms with Crippen LogP contribution in [0.15, 0.2) is 0 Å². The van der Waals surface area contributed by atoms with E-state index in [1.54, 1.807) is 0 Å². The van der Waals surface area contributed by atoms with Crippen LogP contribution in [-0.4, -0.2) is 41.5 Å². The topological polar surface area (TPSA) is 72.6 Å². The van der Waals surface area contributed by atoms with Crippen molar-refractivity contribution in [2.24, 2.45) is 11.7 Å². The highest BCUT2D eigenvalue weighted by Crippen LogP contribution is 2.30. The summed E-state index contributed by atoms with van der Waals surface area (Å²) in [7, 11) is 0. The van der Waals surface area contributed by atoms with Gasteiger partial charge in [-0.2, -0.15) is 0 Å². The summed E-state index contributed by atoms with van der Waals surface area (Å²) in [6.07, 6.45) is 0.466. The third-order valence-electron chi connectivity index (χ3n) is 3.39. The summed E-state index contributed by atoms with van der Waals surface area (Å²) in [6.45, 7) is 4.25. The Morgan fingerprint density at radius 1 is 1.31 bits per heavy atom. The zero-order chi connectivity index (χ0) is 11.9. The molecule has 0 aliphatic carbocycles. The van der Waals surface area contributed by atoms with Gasteiger partial charge in [0.2, 0.25) is 0 Å². The molecule has 3 atom stereocenters. The predicted octanol–water partition coefficient (Wildman–Crippen LogP) is -0.114. The number of carbonyl (C=O) groups excluding carboxylic acids is 2. The maximum absolute atomic E-state index is 12.0. The minimum Gasteiger partial charge on any atom is -0.355 e. The average Bonchev–Trinajstić information content (AvgIpc) is 2.67. The predicted molar refractivity (Wildman–Crippen MR) is 57.4 cm³/mol. The highest BCUT2D eigenvalue weighted by molar-refractivity contribution is 6.02. The van der Waals surface area contributed by atoms with Crippen molar-refractivity contribution in [3.8, 4) is 0 Å². The molecule has 0 aromatic carbocycles. The van der Waals surface area contributed by atoms with E-state index in [1.807, 2.05) is 13.8 Å². The van der Waals surface area contributed by atoms with Crippen molar-refractivity contribution in [3.63, 3.8) is 0 Å². The molecular weight excluding hydrogens is 208 g/mol. The monoisotopic (exact) mass is 226 g/mol. The molecule has 2 amide bonds. The molecule has 90 valence electrons. The number of rotatable bonds is 3. The van der Waals surface area contributed by atoms with Crippen LogP contribution in [0.1, 0.15) is 26.7 Å².